The Balaban J connectivity index is 2.49. The first-order chi connectivity index (χ1) is 10.0. The van der Waals surface area contributed by atoms with E-state index in [2.05, 4.69) is 15.3 Å². The van der Waals surface area contributed by atoms with Gasteiger partial charge >= 0.3 is 5.69 Å². The summed E-state index contributed by atoms with van der Waals surface area (Å²) < 4.78 is 13.7. The van der Waals surface area contributed by atoms with Crippen LogP contribution in [0.3, 0.4) is 0 Å². The van der Waals surface area contributed by atoms with Crippen LogP contribution < -0.4 is 5.32 Å². The Morgan fingerprint density at radius 1 is 1.38 bits per heavy atom. The van der Waals surface area contributed by atoms with Gasteiger partial charge in [0.05, 0.1) is 4.92 Å². The summed E-state index contributed by atoms with van der Waals surface area (Å²) in [5.74, 6) is -0.155. The lowest BCUT2D eigenvalue weighted by molar-refractivity contribution is -0.389. The van der Waals surface area contributed by atoms with Crippen molar-refractivity contribution in [2.45, 2.75) is 23.8 Å². The van der Waals surface area contributed by atoms with Gasteiger partial charge in [0.15, 0.2) is 5.03 Å². The van der Waals surface area contributed by atoms with Gasteiger partial charge in [-0.15, -0.1) is 0 Å². The fourth-order valence-corrected chi connectivity index (χ4v) is 2.66. The van der Waals surface area contributed by atoms with Crippen LogP contribution >= 0.6 is 11.8 Å². The summed E-state index contributed by atoms with van der Waals surface area (Å²) in [6, 6.07) is 6.07. The third kappa shape index (κ3) is 3.46. The summed E-state index contributed by atoms with van der Waals surface area (Å²) in [5.41, 5.74) is 0.0368. The predicted molar refractivity (Wildman–Crippen MR) is 78.1 cm³/mol. The number of halogens is 1. The minimum Gasteiger partial charge on any atom is -0.354 e. The van der Waals surface area contributed by atoms with Crippen LogP contribution in [0, 0.1) is 22.9 Å². The first kappa shape index (κ1) is 15.2. The Morgan fingerprint density at radius 2 is 2.10 bits per heavy atom. The van der Waals surface area contributed by atoms with E-state index in [-0.39, 0.29) is 21.3 Å². The van der Waals surface area contributed by atoms with Gasteiger partial charge in [0.1, 0.15) is 11.5 Å². The van der Waals surface area contributed by atoms with Crippen molar-refractivity contribution in [2.75, 3.05) is 11.9 Å². The topological polar surface area (TPSA) is 81.0 Å². The zero-order valence-electron chi connectivity index (χ0n) is 11.5. The fourth-order valence-electron chi connectivity index (χ4n) is 1.69. The van der Waals surface area contributed by atoms with Gasteiger partial charge in [0.25, 0.3) is 0 Å². The maximum absolute atomic E-state index is 13.7. The Kier molecular flexibility index (Phi) is 4.69. The lowest BCUT2D eigenvalue weighted by atomic mass is 10.3. The Hall–Kier alpha value is -2.22. The van der Waals surface area contributed by atoms with E-state index in [1.807, 2.05) is 6.92 Å². The van der Waals surface area contributed by atoms with Crippen molar-refractivity contribution in [1.29, 1.82) is 0 Å². The molecule has 0 bridgehead atoms. The average Bonchev–Trinajstić information content (AvgIpc) is 2.41. The van der Waals surface area contributed by atoms with Gasteiger partial charge in [-0.05, 0) is 26.0 Å². The molecule has 21 heavy (non-hydrogen) atoms. The van der Waals surface area contributed by atoms with Crippen molar-refractivity contribution in [2.24, 2.45) is 0 Å². The van der Waals surface area contributed by atoms with E-state index < -0.39 is 10.7 Å². The van der Waals surface area contributed by atoms with E-state index in [0.29, 0.717) is 12.5 Å². The molecule has 0 aliphatic carbocycles. The highest BCUT2D eigenvalue weighted by Gasteiger charge is 2.23. The molecule has 0 spiro atoms. The van der Waals surface area contributed by atoms with Crippen LogP contribution in [-0.4, -0.2) is 21.4 Å². The van der Waals surface area contributed by atoms with E-state index >= 15 is 0 Å². The van der Waals surface area contributed by atoms with Crippen LogP contribution in [-0.2, 0) is 0 Å². The maximum atomic E-state index is 13.7. The standard InChI is InChI=1S/C13H13FN4O2S/c1-3-15-13-16-8(2)11(18(19)20)12(17-13)21-10-7-5-4-6-9(10)14/h4-7H,3H2,1-2H3,(H,15,16,17). The molecule has 6 nitrogen and oxygen atoms in total. The molecule has 0 saturated heterocycles. The third-order valence-electron chi connectivity index (χ3n) is 2.59. The van der Waals surface area contributed by atoms with Gasteiger partial charge in [0, 0.05) is 11.4 Å². The van der Waals surface area contributed by atoms with Crippen LogP contribution in [0.1, 0.15) is 12.6 Å². The van der Waals surface area contributed by atoms with Gasteiger partial charge in [-0.3, -0.25) is 10.1 Å². The molecule has 0 amide bonds. The molecule has 0 aliphatic rings. The highest BCUT2D eigenvalue weighted by molar-refractivity contribution is 7.99. The van der Waals surface area contributed by atoms with E-state index in [4.69, 9.17) is 0 Å². The van der Waals surface area contributed by atoms with Crippen molar-refractivity contribution in [3.63, 3.8) is 0 Å². The third-order valence-corrected chi connectivity index (χ3v) is 3.62. The summed E-state index contributed by atoms with van der Waals surface area (Å²) >= 11 is 0.916. The summed E-state index contributed by atoms with van der Waals surface area (Å²) in [4.78, 5) is 19.1. The van der Waals surface area contributed by atoms with E-state index in [1.165, 1.54) is 13.0 Å². The molecule has 8 heteroatoms. The van der Waals surface area contributed by atoms with Crippen LogP contribution in [0.2, 0.25) is 0 Å². The molecular weight excluding hydrogens is 295 g/mol. The smallest absolute Gasteiger partial charge is 0.322 e. The Labute approximate surface area is 125 Å². The lowest BCUT2D eigenvalue weighted by Crippen LogP contribution is -2.07. The second-order valence-electron chi connectivity index (χ2n) is 4.11. The molecule has 0 unspecified atom stereocenters. The molecule has 0 aliphatic heterocycles. The van der Waals surface area contributed by atoms with Crippen molar-refractivity contribution >= 4 is 23.4 Å². The number of nitro groups is 1. The number of nitrogens with zero attached hydrogens (tertiary/aromatic N) is 3. The number of aromatic nitrogens is 2. The maximum Gasteiger partial charge on any atom is 0.322 e. The lowest BCUT2D eigenvalue weighted by Gasteiger charge is -2.08. The molecule has 0 atom stereocenters. The molecule has 1 N–H and O–H groups in total. The summed E-state index contributed by atoms with van der Waals surface area (Å²) in [5, 5.41) is 14.2. The zero-order chi connectivity index (χ0) is 15.4. The molecule has 1 heterocycles. The minimum atomic E-state index is -0.547. The summed E-state index contributed by atoms with van der Waals surface area (Å²) in [7, 11) is 0. The van der Waals surface area contributed by atoms with Crippen molar-refractivity contribution in [3.8, 4) is 0 Å². The van der Waals surface area contributed by atoms with Gasteiger partial charge < -0.3 is 5.32 Å². The van der Waals surface area contributed by atoms with Gasteiger partial charge in [0.2, 0.25) is 5.95 Å². The second-order valence-corrected chi connectivity index (χ2v) is 5.14. The summed E-state index contributed by atoms with van der Waals surface area (Å²) in [6.45, 7) is 3.98. The monoisotopic (exact) mass is 308 g/mol. The van der Waals surface area contributed by atoms with Crippen molar-refractivity contribution in [1.82, 2.24) is 9.97 Å². The minimum absolute atomic E-state index is 0.119. The quantitative estimate of drug-likeness (QED) is 0.518. The average molecular weight is 308 g/mol. The van der Waals surface area contributed by atoms with Gasteiger partial charge in [-0.1, -0.05) is 23.9 Å². The highest BCUT2D eigenvalue weighted by atomic mass is 32.2. The Morgan fingerprint density at radius 3 is 2.71 bits per heavy atom. The number of hydrogen-bond acceptors (Lipinski definition) is 6. The summed E-state index contributed by atoms with van der Waals surface area (Å²) in [6.07, 6.45) is 0. The van der Waals surface area contributed by atoms with Crippen LogP contribution in [0.15, 0.2) is 34.2 Å². The molecule has 0 saturated carbocycles. The first-order valence-electron chi connectivity index (χ1n) is 6.22. The molecule has 1 aromatic carbocycles. The number of rotatable bonds is 5. The number of nitrogens with one attached hydrogen (secondary N) is 1. The van der Waals surface area contributed by atoms with Gasteiger partial charge in [-0.2, -0.15) is 4.98 Å². The predicted octanol–water partition coefficient (Wildman–Crippen LogP) is 3.42. The molecule has 0 fully saturated rings. The molecule has 110 valence electrons. The number of benzene rings is 1. The molecule has 2 rings (SSSR count). The molecule has 0 radical (unpaired) electrons. The molecular formula is C13H13FN4O2S. The second kappa shape index (κ2) is 6.49. The first-order valence-corrected chi connectivity index (χ1v) is 7.03. The fraction of sp³-hybridized carbons (Fsp3) is 0.231. The highest BCUT2D eigenvalue weighted by Crippen LogP contribution is 2.36. The van der Waals surface area contributed by atoms with Gasteiger partial charge in [-0.25, -0.2) is 9.37 Å². The van der Waals surface area contributed by atoms with Crippen LogP contribution in [0.5, 0.6) is 0 Å². The number of hydrogen-bond donors (Lipinski definition) is 1. The van der Waals surface area contributed by atoms with Crippen LogP contribution in [0.25, 0.3) is 0 Å². The van der Waals surface area contributed by atoms with Crippen molar-refractivity contribution in [3.05, 3.63) is 45.9 Å². The Bertz CT molecular complexity index is 681. The van der Waals surface area contributed by atoms with E-state index in [0.717, 1.165) is 11.8 Å². The zero-order valence-corrected chi connectivity index (χ0v) is 12.3. The van der Waals surface area contributed by atoms with Crippen LogP contribution in [0.4, 0.5) is 16.0 Å². The largest absolute Gasteiger partial charge is 0.354 e. The number of anilines is 1. The van der Waals surface area contributed by atoms with E-state index in [1.54, 1.807) is 18.2 Å². The number of aryl methyl sites for hydroxylation is 1. The molecule has 1 aromatic heterocycles. The van der Waals surface area contributed by atoms with E-state index in [9.17, 15) is 14.5 Å². The SMILES string of the molecule is CCNc1nc(C)c([N+](=O)[O-])c(Sc2ccccc2F)n1. The molecule has 2 aromatic rings. The van der Waals surface area contributed by atoms with Crippen molar-refractivity contribution < 1.29 is 9.31 Å². The normalized spacial score (nSPS) is 10.4.